The zero-order valence-corrected chi connectivity index (χ0v) is 58.7. The van der Waals surface area contributed by atoms with Crippen molar-refractivity contribution in [1.29, 1.82) is 0 Å². The predicted octanol–water partition coefficient (Wildman–Crippen LogP) is 14.3. The minimum absolute atomic E-state index is 0. The molecule has 3 fully saturated rings. The van der Waals surface area contributed by atoms with E-state index in [-0.39, 0.29) is 73.7 Å². The van der Waals surface area contributed by atoms with E-state index in [1.54, 1.807) is 18.6 Å². The monoisotopic (exact) mass is 1530 g/mol. The fourth-order valence-electron chi connectivity index (χ4n) is 10.3. The molecule has 21 nitrogen and oxygen atoms in total. The van der Waals surface area contributed by atoms with Crippen molar-refractivity contribution in [2.24, 2.45) is 0 Å². The van der Waals surface area contributed by atoms with Crippen LogP contribution in [0.4, 0.5) is 30.2 Å². The molecule has 0 spiro atoms. The molecule has 0 bridgehead atoms. The van der Waals surface area contributed by atoms with Gasteiger partial charge in [0.15, 0.2) is 0 Å². The molecule has 3 aliphatic heterocycles. The Labute approximate surface area is 601 Å². The number of benzene rings is 3. The van der Waals surface area contributed by atoms with Gasteiger partial charge in [0.05, 0.1) is 33.2 Å². The topological polar surface area (TPSA) is 274 Å². The molecule has 0 aliphatic carbocycles. The molecule has 9 aromatic rings. The minimum Gasteiger partial charge on any atom is -0.325 e. The van der Waals surface area contributed by atoms with Crippen molar-refractivity contribution in [3.05, 3.63) is 208 Å². The van der Waals surface area contributed by atoms with Gasteiger partial charge in [-0.2, -0.15) is 52.3 Å². The molecule has 6 aromatic heterocycles. The van der Waals surface area contributed by atoms with Gasteiger partial charge in [0.1, 0.15) is 35.6 Å². The molecule has 528 valence electrons. The quantitative estimate of drug-likeness (QED) is 0.0666. The molecule has 99 heavy (non-hydrogen) atoms. The maximum absolute atomic E-state index is 13.4. The number of nitrogens with zero attached hydrogens (tertiary/aromatic N) is 6. The van der Waals surface area contributed by atoms with E-state index >= 15 is 0 Å². The van der Waals surface area contributed by atoms with E-state index in [2.05, 4.69) is 45.1 Å². The van der Waals surface area contributed by atoms with Gasteiger partial charge in [0, 0.05) is 105 Å². The third kappa shape index (κ3) is 19.1. The molecule has 6 N–H and O–H groups in total. The summed E-state index contributed by atoms with van der Waals surface area (Å²) in [6.07, 6.45) is 5.98. The molecule has 6 atom stereocenters. The SMILES string of the molecule is C.C.C.Cc1ccc(-c2csc(C3CC(C(=O)Nc4ccc(F)c(Cl)c4)N(C)S(=O)(=O)N3)c2)cn1.Cc1ccc(-c2csc([C@@H]3C[C@H](C(=O)Nc4ccc(F)c(Cl)c4)N(C)S(=O)(=O)N3)c2)cn1.Cc1ccc(-c2csc([C@H]3C[C@@H](C(=O)Nc4ccc(F)c(Cl)c4)N(C)S(=O)(=O)N3)c2)cn1. The van der Waals surface area contributed by atoms with Crippen molar-refractivity contribution in [3.63, 3.8) is 0 Å². The number of rotatable bonds is 12. The van der Waals surface area contributed by atoms with Crippen LogP contribution in [-0.4, -0.2) is 110 Å². The van der Waals surface area contributed by atoms with Crippen molar-refractivity contribution in [2.75, 3.05) is 37.1 Å². The molecule has 3 aromatic carbocycles. The van der Waals surface area contributed by atoms with Gasteiger partial charge in [-0.15, -0.1) is 34.0 Å². The summed E-state index contributed by atoms with van der Waals surface area (Å²) in [5, 5.41) is 13.3. The van der Waals surface area contributed by atoms with Gasteiger partial charge in [0.2, 0.25) is 17.7 Å². The number of carbonyl (C=O) groups excluding carboxylic acids is 3. The number of hydrogen-bond acceptors (Lipinski definition) is 15. The molecular weight excluding hydrogens is 1460 g/mol. The molecule has 3 aliphatic rings. The molecule has 3 amide bonds. The van der Waals surface area contributed by atoms with Crippen molar-refractivity contribution >= 4 is 134 Å². The van der Waals surface area contributed by atoms with Crippen molar-refractivity contribution < 1.29 is 52.8 Å². The van der Waals surface area contributed by atoms with Crippen LogP contribution in [0.15, 0.2) is 144 Å². The largest absolute Gasteiger partial charge is 0.325 e. The van der Waals surface area contributed by atoms with E-state index in [0.717, 1.165) is 96.2 Å². The van der Waals surface area contributed by atoms with E-state index in [4.69, 9.17) is 34.8 Å². The van der Waals surface area contributed by atoms with E-state index in [1.807, 2.05) is 91.5 Å². The van der Waals surface area contributed by atoms with Crippen LogP contribution in [0.1, 0.15) is 91.4 Å². The van der Waals surface area contributed by atoms with Crippen LogP contribution >= 0.6 is 68.8 Å². The highest BCUT2D eigenvalue weighted by Crippen LogP contribution is 2.39. The minimum atomic E-state index is -3.89. The summed E-state index contributed by atoms with van der Waals surface area (Å²) in [6.45, 7) is 5.71. The first kappa shape index (κ1) is 79.2. The van der Waals surface area contributed by atoms with Crippen LogP contribution in [-0.2, 0) is 45.0 Å². The Bertz CT molecular complexity index is 4260. The van der Waals surface area contributed by atoms with Gasteiger partial charge in [-0.3, -0.25) is 29.3 Å². The highest BCUT2D eigenvalue weighted by molar-refractivity contribution is 7.87. The summed E-state index contributed by atoms with van der Waals surface area (Å²) in [4.78, 5) is 54.0. The molecule has 0 radical (unpaired) electrons. The summed E-state index contributed by atoms with van der Waals surface area (Å²) >= 11 is 21.6. The molecule has 3 saturated heterocycles. The fourth-order valence-corrected chi connectivity index (χ4v) is 17.8. The van der Waals surface area contributed by atoms with E-state index in [0.29, 0.717) is 0 Å². The second-order valence-electron chi connectivity index (χ2n) is 22.5. The summed E-state index contributed by atoms with van der Waals surface area (Å²) in [6, 6.07) is 24.1. The van der Waals surface area contributed by atoms with E-state index in [1.165, 1.54) is 91.6 Å². The van der Waals surface area contributed by atoms with E-state index < -0.39 is 102 Å². The number of likely N-dealkylation sites (N-methyl/N-ethyl adjacent to an activating group) is 3. The van der Waals surface area contributed by atoms with Gasteiger partial charge in [-0.25, -0.2) is 13.2 Å². The standard InChI is InChI=1S/3C21H20ClFN4O3S2.3CH4/c3*1-12-3-4-13(10-24-12)14-7-20(31-11-14)18-9-19(27(2)32(29,30)26-18)21(28)25-15-5-6-17(23)16(22)8-15;;;/h3*3-8,10-11,18-19,26H,9H2,1-2H3,(H,25,28);3*1H4/t2*18-,19+;;;;/m10..../s1. The lowest BCUT2D eigenvalue weighted by Crippen LogP contribution is -2.55. The molecule has 2 unspecified atom stereocenters. The number of carbonyl (C=O) groups is 3. The second-order valence-corrected chi connectivity index (χ2v) is 31.8. The maximum atomic E-state index is 13.4. The van der Waals surface area contributed by atoms with Crippen LogP contribution in [0, 0.1) is 38.2 Å². The average molecular weight is 1530 g/mol. The van der Waals surface area contributed by atoms with Crippen LogP contribution in [0.5, 0.6) is 0 Å². The molecule has 9 heterocycles. The third-order valence-electron chi connectivity index (χ3n) is 15.8. The van der Waals surface area contributed by atoms with Crippen molar-refractivity contribution in [2.45, 2.75) is 98.6 Å². The van der Waals surface area contributed by atoms with E-state index in [9.17, 15) is 52.8 Å². The van der Waals surface area contributed by atoms with Gasteiger partial charge < -0.3 is 16.0 Å². The van der Waals surface area contributed by atoms with Crippen molar-refractivity contribution in [3.8, 4) is 33.4 Å². The summed E-state index contributed by atoms with van der Waals surface area (Å²) in [5.74, 6) is -3.39. The first-order chi connectivity index (χ1) is 45.4. The maximum Gasteiger partial charge on any atom is 0.280 e. The molecular formula is C66H72Cl3F3N12O9S6. The highest BCUT2D eigenvalue weighted by Gasteiger charge is 2.44. The number of anilines is 3. The van der Waals surface area contributed by atoms with Gasteiger partial charge in [0.25, 0.3) is 30.6 Å². The van der Waals surface area contributed by atoms with Crippen molar-refractivity contribution in [1.82, 2.24) is 42.0 Å². The van der Waals surface area contributed by atoms with Crippen LogP contribution in [0.25, 0.3) is 33.4 Å². The van der Waals surface area contributed by atoms with Crippen LogP contribution in [0.2, 0.25) is 15.1 Å². The van der Waals surface area contributed by atoms with Gasteiger partial charge in [-0.1, -0.05) is 75.3 Å². The molecule has 12 rings (SSSR count). The average Bonchev–Trinajstić information content (AvgIpc) is 1.77. The number of hydrogen-bond donors (Lipinski definition) is 6. The number of aromatic nitrogens is 3. The first-order valence-corrected chi connectivity index (χ1v) is 37.1. The molecule has 0 saturated carbocycles. The second kappa shape index (κ2) is 33.1. The van der Waals surface area contributed by atoms with Crippen LogP contribution < -0.4 is 30.1 Å². The summed E-state index contributed by atoms with van der Waals surface area (Å²) in [7, 11) is -7.63. The Hall–Kier alpha value is -7.11. The zero-order chi connectivity index (χ0) is 69.1. The fraction of sp³-hybridized carbons (Fsp3) is 0.273. The molecule has 33 heteroatoms. The lowest BCUT2D eigenvalue weighted by Gasteiger charge is -2.35. The first-order valence-electron chi connectivity index (χ1n) is 29.0. The Morgan fingerprint density at radius 3 is 0.899 bits per heavy atom. The Morgan fingerprint density at radius 1 is 0.424 bits per heavy atom. The predicted molar refractivity (Wildman–Crippen MR) is 390 cm³/mol. The number of thiophene rings is 3. The number of nitrogens with one attached hydrogen (secondary N) is 6. The lowest BCUT2D eigenvalue weighted by molar-refractivity contribution is -0.120. The van der Waals surface area contributed by atoms with Gasteiger partial charge >= 0.3 is 0 Å². The third-order valence-corrected chi connectivity index (χ3v) is 24.6. The number of aryl methyl sites for hydroxylation is 3. The Kier molecular flexibility index (Phi) is 26.5. The zero-order valence-electron chi connectivity index (χ0n) is 51.5. The summed E-state index contributed by atoms with van der Waals surface area (Å²) in [5.41, 5.74) is 9.14. The normalized spacial score (nSPS) is 20.1. The Balaban J connectivity index is 0.000000206. The smallest absolute Gasteiger partial charge is 0.280 e. The highest BCUT2D eigenvalue weighted by atomic mass is 35.5. The van der Waals surface area contributed by atoms with Gasteiger partial charge in [-0.05, 0) is 164 Å². The van der Waals surface area contributed by atoms with Crippen LogP contribution in [0.3, 0.4) is 0 Å². The lowest BCUT2D eigenvalue weighted by atomic mass is 10.0. The number of amides is 3. The number of halogens is 6. The summed E-state index contributed by atoms with van der Waals surface area (Å²) < 4.78 is 127. The number of pyridine rings is 3. The Morgan fingerprint density at radius 2 is 0.677 bits per heavy atom.